The second kappa shape index (κ2) is 12.7. The molecule has 0 aliphatic rings. The summed E-state index contributed by atoms with van der Waals surface area (Å²) in [6.45, 7) is 2.36. The van der Waals surface area contributed by atoms with Gasteiger partial charge in [0.1, 0.15) is 11.4 Å². The highest BCUT2D eigenvalue weighted by molar-refractivity contribution is 5.98. The number of amides is 1. The van der Waals surface area contributed by atoms with Gasteiger partial charge in [0.05, 0.1) is 26.9 Å². The lowest BCUT2D eigenvalue weighted by Gasteiger charge is -2.18. The summed E-state index contributed by atoms with van der Waals surface area (Å²) in [4.78, 5) is 16.0. The van der Waals surface area contributed by atoms with Crippen molar-refractivity contribution in [2.45, 2.75) is 38.6 Å². The van der Waals surface area contributed by atoms with Crippen molar-refractivity contribution in [1.82, 2.24) is 15.6 Å². The van der Waals surface area contributed by atoms with Crippen LogP contribution in [0.15, 0.2) is 60.7 Å². The van der Waals surface area contributed by atoms with E-state index in [-0.39, 0.29) is 24.3 Å². The molecule has 9 nitrogen and oxygen atoms in total. The molecule has 4 aromatic rings. The van der Waals surface area contributed by atoms with Gasteiger partial charge in [-0.25, -0.2) is 0 Å². The Morgan fingerprint density at radius 3 is 2.59 bits per heavy atom. The molecule has 0 aliphatic heterocycles. The van der Waals surface area contributed by atoms with Crippen LogP contribution in [0.3, 0.4) is 0 Å². The van der Waals surface area contributed by atoms with E-state index in [0.29, 0.717) is 41.4 Å². The number of para-hydroxylation sites is 1. The van der Waals surface area contributed by atoms with Gasteiger partial charge in [-0.3, -0.25) is 4.79 Å². The van der Waals surface area contributed by atoms with Gasteiger partial charge >= 0.3 is 0 Å². The zero-order chi connectivity index (χ0) is 27.9. The minimum Gasteiger partial charge on any atom is -0.508 e. The van der Waals surface area contributed by atoms with Crippen LogP contribution in [0.1, 0.15) is 45.8 Å². The number of rotatable bonds is 12. The molecule has 0 saturated heterocycles. The minimum atomic E-state index is -0.775. The van der Waals surface area contributed by atoms with Crippen LogP contribution < -0.4 is 20.1 Å². The first-order valence-corrected chi connectivity index (χ1v) is 12.8. The number of hydrogen-bond donors (Lipinski definition) is 6. The van der Waals surface area contributed by atoms with Crippen LogP contribution in [0.2, 0.25) is 0 Å². The third kappa shape index (κ3) is 6.69. The number of nitrogens with one attached hydrogen (secondary N) is 3. The third-order valence-corrected chi connectivity index (χ3v) is 6.71. The van der Waals surface area contributed by atoms with E-state index < -0.39 is 6.10 Å². The summed E-state index contributed by atoms with van der Waals surface area (Å²) in [6.07, 6.45) is -0.0498. The van der Waals surface area contributed by atoms with Crippen LogP contribution in [0.4, 0.5) is 0 Å². The van der Waals surface area contributed by atoms with E-state index >= 15 is 0 Å². The SMILES string of the molecule is COc1cccc(CNC(=O)c2cc3cc(CC(C)NC[C@H](O)c4ccc(O)c(CO)c4)ccc3[nH]2)c1OC. The van der Waals surface area contributed by atoms with E-state index in [0.717, 1.165) is 28.5 Å². The average Bonchev–Trinajstić information content (AvgIpc) is 3.38. The molecule has 0 bridgehead atoms. The highest BCUT2D eigenvalue weighted by atomic mass is 16.5. The molecule has 39 heavy (non-hydrogen) atoms. The van der Waals surface area contributed by atoms with E-state index in [4.69, 9.17) is 9.47 Å². The van der Waals surface area contributed by atoms with E-state index in [1.54, 1.807) is 32.4 Å². The Morgan fingerprint density at radius 1 is 1.03 bits per heavy atom. The smallest absolute Gasteiger partial charge is 0.267 e. The van der Waals surface area contributed by atoms with Crippen LogP contribution in [-0.4, -0.2) is 53.0 Å². The molecule has 6 N–H and O–H groups in total. The standard InChI is InChI=1S/C30H35N3O6/c1-18(31-16-27(36)20-8-10-26(35)23(13-20)17-34)11-19-7-9-24-22(12-19)14-25(33-24)30(37)32-15-21-5-4-6-28(38-2)29(21)39-3/h4-10,12-14,18,27,31,33-36H,11,15-17H2,1-3H3,(H,32,37)/t18?,27-/m0/s1. The van der Waals surface area contributed by atoms with Crippen LogP contribution >= 0.6 is 0 Å². The van der Waals surface area contributed by atoms with Crippen molar-refractivity contribution < 1.29 is 29.6 Å². The zero-order valence-electron chi connectivity index (χ0n) is 22.3. The number of hydrogen-bond acceptors (Lipinski definition) is 7. The first kappa shape index (κ1) is 28.0. The summed E-state index contributed by atoms with van der Waals surface area (Å²) in [5, 5.41) is 36.8. The Hall–Kier alpha value is -4.05. The van der Waals surface area contributed by atoms with Gasteiger partial charge < -0.3 is 40.4 Å². The van der Waals surface area contributed by atoms with Crippen molar-refractivity contribution in [3.8, 4) is 17.2 Å². The molecule has 1 amide bonds. The number of aliphatic hydroxyl groups is 2. The maximum Gasteiger partial charge on any atom is 0.267 e. The molecule has 0 saturated carbocycles. The molecule has 1 heterocycles. The molecule has 206 valence electrons. The zero-order valence-corrected chi connectivity index (χ0v) is 22.3. The highest BCUT2D eigenvalue weighted by Gasteiger charge is 2.15. The minimum absolute atomic E-state index is 0.00709. The third-order valence-electron chi connectivity index (χ3n) is 6.71. The van der Waals surface area contributed by atoms with E-state index in [2.05, 4.69) is 21.7 Å². The number of benzene rings is 3. The largest absolute Gasteiger partial charge is 0.508 e. The van der Waals surface area contributed by atoms with Crippen molar-refractivity contribution in [1.29, 1.82) is 0 Å². The van der Waals surface area contributed by atoms with Crippen LogP contribution in [0, 0.1) is 0 Å². The van der Waals surface area contributed by atoms with Gasteiger partial charge in [-0.1, -0.05) is 24.3 Å². The number of H-pyrrole nitrogens is 1. The fourth-order valence-corrected chi connectivity index (χ4v) is 4.59. The monoisotopic (exact) mass is 533 g/mol. The van der Waals surface area contributed by atoms with Crippen LogP contribution in [0.5, 0.6) is 17.2 Å². The number of aliphatic hydroxyl groups excluding tert-OH is 2. The molecule has 0 spiro atoms. The first-order chi connectivity index (χ1) is 18.8. The van der Waals surface area contributed by atoms with Crippen LogP contribution in [-0.2, 0) is 19.6 Å². The molecule has 3 aromatic carbocycles. The second-order valence-electron chi connectivity index (χ2n) is 9.52. The molecule has 2 atom stereocenters. The Labute approximate surface area is 227 Å². The number of phenols is 1. The molecular weight excluding hydrogens is 498 g/mol. The number of aromatic nitrogens is 1. The Kier molecular flexibility index (Phi) is 9.08. The lowest BCUT2D eigenvalue weighted by atomic mass is 10.0. The summed E-state index contributed by atoms with van der Waals surface area (Å²) in [7, 11) is 3.14. The van der Waals surface area contributed by atoms with Gasteiger partial charge in [0.2, 0.25) is 0 Å². The number of aromatic hydroxyl groups is 1. The fourth-order valence-electron chi connectivity index (χ4n) is 4.59. The second-order valence-corrected chi connectivity index (χ2v) is 9.52. The summed E-state index contributed by atoms with van der Waals surface area (Å²) in [6, 6.07) is 18.2. The van der Waals surface area contributed by atoms with Crippen molar-refractivity contribution in [2.24, 2.45) is 0 Å². The Morgan fingerprint density at radius 2 is 1.85 bits per heavy atom. The van der Waals surface area contributed by atoms with Gasteiger partial charge in [-0.15, -0.1) is 0 Å². The number of methoxy groups -OCH3 is 2. The van der Waals surface area contributed by atoms with Gasteiger partial charge in [-0.05, 0) is 60.9 Å². The average molecular weight is 534 g/mol. The Balaban J connectivity index is 1.35. The van der Waals surface area contributed by atoms with Crippen molar-refractivity contribution in [2.75, 3.05) is 20.8 Å². The fraction of sp³-hybridized carbons (Fsp3) is 0.300. The van der Waals surface area contributed by atoms with Gasteiger partial charge in [0.15, 0.2) is 11.5 Å². The number of aromatic amines is 1. The number of ether oxygens (including phenoxy) is 2. The summed E-state index contributed by atoms with van der Waals surface area (Å²) in [5.41, 5.74) is 4.25. The topological polar surface area (TPSA) is 136 Å². The molecule has 1 aromatic heterocycles. The maximum absolute atomic E-state index is 12.9. The van der Waals surface area contributed by atoms with Crippen molar-refractivity contribution in [3.63, 3.8) is 0 Å². The Bertz CT molecular complexity index is 1430. The summed E-state index contributed by atoms with van der Waals surface area (Å²) < 4.78 is 10.8. The van der Waals surface area contributed by atoms with E-state index in [9.17, 15) is 20.1 Å². The molecule has 0 aliphatic carbocycles. The highest BCUT2D eigenvalue weighted by Crippen LogP contribution is 2.30. The van der Waals surface area contributed by atoms with Crippen molar-refractivity contribution >= 4 is 16.8 Å². The van der Waals surface area contributed by atoms with Gasteiger partial charge in [0, 0.05) is 41.2 Å². The lowest BCUT2D eigenvalue weighted by molar-refractivity contribution is 0.0946. The predicted molar refractivity (Wildman–Crippen MR) is 149 cm³/mol. The normalized spacial score (nSPS) is 12.7. The van der Waals surface area contributed by atoms with Gasteiger partial charge in [-0.2, -0.15) is 0 Å². The van der Waals surface area contributed by atoms with Crippen LogP contribution in [0.25, 0.3) is 10.9 Å². The lowest BCUT2D eigenvalue weighted by Crippen LogP contribution is -2.32. The molecule has 9 heteroatoms. The molecule has 0 radical (unpaired) electrons. The summed E-state index contributed by atoms with van der Waals surface area (Å²) in [5.74, 6) is 0.986. The predicted octanol–water partition coefficient (Wildman–Crippen LogP) is 3.57. The summed E-state index contributed by atoms with van der Waals surface area (Å²) >= 11 is 0. The van der Waals surface area contributed by atoms with E-state index in [1.165, 1.54) is 6.07 Å². The number of carbonyl (C=O) groups excluding carboxylic acids is 1. The number of fused-ring (bicyclic) bond motifs is 1. The number of carbonyl (C=O) groups is 1. The molecule has 0 fully saturated rings. The first-order valence-electron chi connectivity index (χ1n) is 12.8. The van der Waals surface area contributed by atoms with E-state index in [1.807, 2.05) is 37.3 Å². The molecule has 4 rings (SSSR count). The van der Waals surface area contributed by atoms with Gasteiger partial charge in [0.25, 0.3) is 5.91 Å². The molecule has 1 unspecified atom stereocenters. The quantitative estimate of drug-likeness (QED) is 0.164. The molecular formula is C30H35N3O6. The van der Waals surface area contributed by atoms with Crippen molar-refractivity contribution in [3.05, 3.63) is 88.6 Å². The maximum atomic E-state index is 12.9.